The molecule has 1 amide bonds. The Bertz CT molecular complexity index is 1120. The van der Waals surface area contributed by atoms with E-state index in [4.69, 9.17) is 9.98 Å². The maximum Gasteiger partial charge on any atom is 0.267 e. The van der Waals surface area contributed by atoms with Crippen LogP contribution in [0.4, 0.5) is 5.13 Å². The fourth-order valence-electron chi connectivity index (χ4n) is 3.96. The molecule has 2 fully saturated rings. The molecular formula is C24H22N4OS2. The lowest BCUT2D eigenvalue weighted by Gasteiger charge is -2.30. The average molecular weight is 447 g/mol. The molecule has 5 nitrogen and oxygen atoms in total. The summed E-state index contributed by atoms with van der Waals surface area (Å²) in [5.74, 6) is 0.0288. The van der Waals surface area contributed by atoms with Crippen LogP contribution in [0.25, 0.3) is 17.3 Å². The van der Waals surface area contributed by atoms with E-state index in [1.165, 1.54) is 29.5 Å². The highest BCUT2D eigenvalue weighted by molar-refractivity contribution is 8.18. The van der Waals surface area contributed by atoms with Gasteiger partial charge in [0, 0.05) is 23.2 Å². The van der Waals surface area contributed by atoms with Crippen LogP contribution in [0.15, 0.2) is 70.0 Å². The van der Waals surface area contributed by atoms with E-state index in [1.807, 2.05) is 64.9 Å². The Morgan fingerprint density at radius 1 is 1.03 bits per heavy atom. The summed E-state index contributed by atoms with van der Waals surface area (Å²) in [7, 11) is 0. The van der Waals surface area contributed by atoms with Crippen LogP contribution in [-0.4, -0.2) is 32.0 Å². The summed E-state index contributed by atoms with van der Waals surface area (Å²) in [5, 5.41) is 3.42. The van der Waals surface area contributed by atoms with Gasteiger partial charge in [0.25, 0.3) is 5.91 Å². The Balaban J connectivity index is 1.48. The topological polar surface area (TPSA) is 58.5 Å². The van der Waals surface area contributed by atoms with Gasteiger partial charge in [-0.3, -0.25) is 14.7 Å². The van der Waals surface area contributed by atoms with Gasteiger partial charge < -0.3 is 0 Å². The number of amidine groups is 1. The first kappa shape index (κ1) is 20.2. The molecule has 31 heavy (non-hydrogen) atoms. The number of nitrogens with zero attached hydrogens (tertiary/aromatic N) is 4. The normalized spacial score (nSPS) is 20.1. The second kappa shape index (κ2) is 9.16. The van der Waals surface area contributed by atoms with E-state index in [9.17, 15) is 4.79 Å². The van der Waals surface area contributed by atoms with Gasteiger partial charge in [0.2, 0.25) is 5.13 Å². The van der Waals surface area contributed by atoms with Gasteiger partial charge in [-0.2, -0.15) is 4.99 Å². The zero-order chi connectivity index (χ0) is 21.0. The van der Waals surface area contributed by atoms with Crippen LogP contribution in [0.1, 0.15) is 37.8 Å². The molecular weight excluding hydrogens is 424 g/mol. The molecule has 1 aliphatic carbocycles. The van der Waals surface area contributed by atoms with Gasteiger partial charge in [-0.05, 0) is 42.8 Å². The van der Waals surface area contributed by atoms with E-state index < -0.39 is 0 Å². The number of aliphatic imine (C=N–C) groups is 1. The Hall–Kier alpha value is -2.77. The van der Waals surface area contributed by atoms with Crippen molar-refractivity contribution in [3.63, 3.8) is 0 Å². The largest absolute Gasteiger partial charge is 0.283 e. The molecule has 0 atom stereocenters. The summed E-state index contributed by atoms with van der Waals surface area (Å²) in [5.41, 5.74) is 2.76. The van der Waals surface area contributed by atoms with Crippen molar-refractivity contribution < 1.29 is 4.79 Å². The van der Waals surface area contributed by atoms with Crippen LogP contribution < -0.4 is 0 Å². The first-order valence-electron chi connectivity index (χ1n) is 10.5. The van der Waals surface area contributed by atoms with Gasteiger partial charge in [-0.15, -0.1) is 11.3 Å². The molecule has 1 saturated carbocycles. The fraction of sp³-hybridized carbons (Fsp3) is 0.250. The van der Waals surface area contributed by atoms with Crippen LogP contribution in [-0.2, 0) is 4.79 Å². The molecule has 156 valence electrons. The van der Waals surface area contributed by atoms with Gasteiger partial charge in [0.15, 0.2) is 5.17 Å². The molecule has 0 bridgehead atoms. The number of aromatic nitrogens is 2. The minimum absolute atomic E-state index is 0.0288. The lowest BCUT2D eigenvalue weighted by Crippen LogP contribution is -2.40. The van der Waals surface area contributed by atoms with Gasteiger partial charge in [-0.1, -0.05) is 55.7 Å². The van der Waals surface area contributed by atoms with Crippen LogP contribution in [0.5, 0.6) is 0 Å². The Morgan fingerprint density at radius 3 is 2.61 bits per heavy atom. The molecule has 1 saturated heterocycles. The lowest BCUT2D eigenvalue weighted by molar-refractivity contribution is -0.124. The van der Waals surface area contributed by atoms with E-state index in [0.717, 1.165) is 47.8 Å². The molecule has 0 radical (unpaired) electrons. The molecule has 0 N–H and O–H groups in total. The Labute approximate surface area is 190 Å². The third-order valence-corrected chi connectivity index (χ3v) is 7.21. The Morgan fingerprint density at radius 2 is 1.84 bits per heavy atom. The van der Waals surface area contributed by atoms with Crippen molar-refractivity contribution in [2.75, 3.05) is 0 Å². The summed E-state index contributed by atoms with van der Waals surface area (Å²) in [6.07, 6.45) is 9.20. The summed E-state index contributed by atoms with van der Waals surface area (Å²) < 4.78 is 0. The van der Waals surface area contributed by atoms with Gasteiger partial charge in [0.05, 0.1) is 16.3 Å². The number of rotatable bonds is 4. The minimum Gasteiger partial charge on any atom is -0.283 e. The molecule has 7 heteroatoms. The maximum absolute atomic E-state index is 13.3. The number of pyridine rings is 1. The van der Waals surface area contributed by atoms with Crippen LogP contribution in [0.3, 0.4) is 0 Å². The average Bonchev–Trinajstić information content (AvgIpc) is 3.40. The highest BCUT2D eigenvalue weighted by atomic mass is 32.2. The predicted octanol–water partition coefficient (Wildman–Crippen LogP) is 6.14. The standard InChI is InChI=1S/C24H22N4OS2/c29-22-21(15-18-11-7-8-14-25-18)31-24(28(22)19-12-5-2-6-13-19)27-23-26-20(16-30-23)17-9-3-1-4-10-17/h1,3-4,7-11,14-16,19H,2,5-6,12-13H2/b21-15-,27-24+. The maximum atomic E-state index is 13.3. The fourth-order valence-corrected chi connectivity index (χ4v) is 5.74. The van der Waals surface area contributed by atoms with E-state index >= 15 is 0 Å². The number of carbonyl (C=O) groups is 1. The molecule has 1 aliphatic heterocycles. The molecule has 2 aromatic heterocycles. The zero-order valence-electron chi connectivity index (χ0n) is 17.0. The lowest BCUT2D eigenvalue weighted by atomic mass is 9.94. The third-order valence-electron chi connectivity index (χ3n) is 5.50. The first-order valence-corrected chi connectivity index (χ1v) is 12.2. The molecule has 0 spiro atoms. The number of amides is 1. The number of thioether (sulfide) groups is 1. The molecule has 3 heterocycles. The molecule has 2 aliphatic rings. The SMILES string of the molecule is O=C1/C(=C/c2ccccn2)S/C(=N/c2nc(-c3ccccc3)cs2)N1C1CCCCC1. The zero-order valence-corrected chi connectivity index (χ0v) is 18.6. The van der Waals surface area contributed by atoms with Crippen molar-refractivity contribution in [2.24, 2.45) is 4.99 Å². The minimum atomic E-state index is 0.0288. The molecule has 3 aromatic rings. The van der Waals surface area contributed by atoms with E-state index in [0.29, 0.717) is 10.0 Å². The molecule has 0 unspecified atom stereocenters. The summed E-state index contributed by atoms with van der Waals surface area (Å²) in [6, 6.07) is 16.0. The van der Waals surface area contributed by atoms with Crippen molar-refractivity contribution in [3.05, 3.63) is 70.7 Å². The quantitative estimate of drug-likeness (QED) is 0.452. The number of carbonyl (C=O) groups excluding carboxylic acids is 1. The number of benzene rings is 1. The van der Waals surface area contributed by atoms with Crippen molar-refractivity contribution in [2.45, 2.75) is 38.1 Å². The summed E-state index contributed by atoms with van der Waals surface area (Å²) in [4.78, 5) is 29.8. The third kappa shape index (κ3) is 4.48. The highest BCUT2D eigenvalue weighted by Gasteiger charge is 2.39. The van der Waals surface area contributed by atoms with Crippen molar-refractivity contribution >= 4 is 45.4 Å². The van der Waals surface area contributed by atoms with Crippen LogP contribution in [0, 0.1) is 0 Å². The monoisotopic (exact) mass is 446 g/mol. The first-order chi connectivity index (χ1) is 15.3. The van der Waals surface area contributed by atoms with Crippen LogP contribution in [0.2, 0.25) is 0 Å². The van der Waals surface area contributed by atoms with Crippen molar-refractivity contribution in [3.8, 4) is 11.3 Å². The summed E-state index contributed by atoms with van der Waals surface area (Å²) >= 11 is 2.93. The van der Waals surface area contributed by atoms with Crippen molar-refractivity contribution in [1.29, 1.82) is 0 Å². The van der Waals surface area contributed by atoms with Gasteiger partial charge in [0.1, 0.15) is 0 Å². The number of hydrogen-bond acceptors (Lipinski definition) is 6. The number of thiazole rings is 1. The predicted molar refractivity (Wildman–Crippen MR) is 128 cm³/mol. The van der Waals surface area contributed by atoms with E-state index in [2.05, 4.69) is 4.98 Å². The second-order valence-corrected chi connectivity index (χ2v) is 9.45. The van der Waals surface area contributed by atoms with Crippen molar-refractivity contribution in [1.82, 2.24) is 14.9 Å². The number of hydrogen-bond donors (Lipinski definition) is 0. The molecule has 1 aromatic carbocycles. The highest BCUT2D eigenvalue weighted by Crippen LogP contribution is 2.39. The van der Waals surface area contributed by atoms with E-state index in [-0.39, 0.29) is 11.9 Å². The van der Waals surface area contributed by atoms with Gasteiger partial charge >= 0.3 is 0 Å². The molecule has 5 rings (SSSR count). The van der Waals surface area contributed by atoms with Crippen LogP contribution >= 0.6 is 23.1 Å². The Kier molecular flexibility index (Phi) is 5.95. The smallest absolute Gasteiger partial charge is 0.267 e. The second-order valence-electron chi connectivity index (χ2n) is 7.61. The van der Waals surface area contributed by atoms with Gasteiger partial charge in [-0.25, -0.2) is 4.98 Å². The summed E-state index contributed by atoms with van der Waals surface area (Å²) in [6.45, 7) is 0. The van der Waals surface area contributed by atoms with E-state index in [1.54, 1.807) is 6.20 Å².